The number of carbonyl (C=O) groups excluding carboxylic acids is 2. The number of amides is 2. The van der Waals surface area contributed by atoms with Crippen molar-refractivity contribution in [2.24, 2.45) is 5.92 Å². The normalized spacial score (nSPS) is 24.5. The van der Waals surface area contributed by atoms with E-state index in [1.54, 1.807) is 29.6 Å². The number of piperidine rings is 1. The van der Waals surface area contributed by atoms with Crippen LogP contribution in [0.1, 0.15) is 40.9 Å². The molecule has 6 heteroatoms. The van der Waals surface area contributed by atoms with Crippen LogP contribution in [0, 0.1) is 12.8 Å². The molecule has 0 unspecified atom stereocenters. The first-order valence-electron chi connectivity index (χ1n) is 8.68. The van der Waals surface area contributed by atoms with Gasteiger partial charge in [-0.1, -0.05) is 0 Å². The van der Waals surface area contributed by atoms with Crippen LogP contribution in [0.5, 0.6) is 0 Å². The number of hydrogen-bond acceptors (Lipinski definition) is 4. The first-order chi connectivity index (χ1) is 12.1. The van der Waals surface area contributed by atoms with Gasteiger partial charge in [-0.25, -0.2) is 0 Å². The molecule has 2 amide bonds. The Morgan fingerprint density at radius 2 is 2.24 bits per heavy atom. The van der Waals surface area contributed by atoms with Crippen molar-refractivity contribution in [3.8, 4) is 0 Å². The highest BCUT2D eigenvalue weighted by Gasteiger charge is 2.51. The fourth-order valence-electron chi connectivity index (χ4n) is 4.13. The zero-order chi connectivity index (χ0) is 17.4. The molecule has 2 aromatic rings. The van der Waals surface area contributed by atoms with Crippen LogP contribution in [0.4, 0.5) is 0 Å². The number of nitrogens with one attached hydrogen (secondary N) is 1. The van der Waals surface area contributed by atoms with Gasteiger partial charge in [-0.2, -0.15) is 0 Å². The number of carbonyl (C=O) groups is 2. The molecule has 3 atom stereocenters. The highest BCUT2D eigenvalue weighted by Crippen LogP contribution is 2.43. The summed E-state index contributed by atoms with van der Waals surface area (Å²) >= 11 is 0. The molecule has 1 saturated carbocycles. The van der Waals surface area contributed by atoms with Crippen LogP contribution >= 0.6 is 0 Å². The summed E-state index contributed by atoms with van der Waals surface area (Å²) in [6.07, 6.45) is 7.76. The van der Waals surface area contributed by atoms with Crippen molar-refractivity contribution in [2.75, 3.05) is 0 Å². The Morgan fingerprint density at radius 1 is 1.36 bits per heavy atom. The van der Waals surface area contributed by atoms with Crippen LogP contribution in [-0.2, 0) is 11.3 Å². The van der Waals surface area contributed by atoms with E-state index in [0.29, 0.717) is 17.9 Å². The van der Waals surface area contributed by atoms with Crippen molar-refractivity contribution in [3.05, 3.63) is 53.7 Å². The lowest BCUT2D eigenvalue weighted by molar-refractivity contribution is -0.127. The number of hydrogen-bond donors (Lipinski definition) is 1. The van der Waals surface area contributed by atoms with E-state index >= 15 is 0 Å². The third-order valence-electron chi connectivity index (χ3n) is 5.23. The van der Waals surface area contributed by atoms with Crippen molar-refractivity contribution in [3.63, 3.8) is 0 Å². The first kappa shape index (κ1) is 15.9. The predicted molar refractivity (Wildman–Crippen MR) is 90.6 cm³/mol. The molecular weight excluding hydrogens is 318 g/mol. The fourth-order valence-corrected chi connectivity index (χ4v) is 4.13. The first-order valence-corrected chi connectivity index (χ1v) is 8.68. The second kappa shape index (κ2) is 6.35. The van der Waals surface area contributed by atoms with Gasteiger partial charge in [0.15, 0.2) is 0 Å². The Labute approximate surface area is 146 Å². The summed E-state index contributed by atoms with van der Waals surface area (Å²) in [5.74, 6) is 0.750. The van der Waals surface area contributed by atoms with Gasteiger partial charge in [0.05, 0.1) is 18.4 Å². The summed E-state index contributed by atoms with van der Waals surface area (Å²) < 4.78 is 5.26. The van der Waals surface area contributed by atoms with Crippen LogP contribution in [-0.4, -0.2) is 33.8 Å². The molecule has 2 bridgehead atoms. The Morgan fingerprint density at radius 3 is 3.00 bits per heavy atom. The van der Waals surface area contributed by atoms with Gasteiger partial charge in [0.1, 0.15) is 11.8 Å². The lowest BCUT2D eigenvalue weighted by Crippen LogP contribution is -2.52. The van der Waals surface area contributed by atoms with E-state index in [2.05, 4.69) is 10.3 Å². The van der Waals surface area contributed by atoms with E-state index in [0.717, 1.165) is 24.8 Å². The molecule has 3 heterocycles. The third kappa shape index (κ3) is 2.92. The van der Waals surface area contributed by atoms with Crippen molar-refractivity contribution >= 4 is 11.8 Å². The number of pyridine rings is 1. The Bertz CT molecular complexity index is 787. The summed E-state index contributed by atoms with van der Waals surface area (Å²) in [5, 5.41) is 2.92. The molecule has 0 aromatic carbocycles. The number of rotatable bonds is 4. The van der Waals surface area contributed by atoms with Gasteiger partial charge in [0.25, 0.3) is 5.91 Å². The summed E-state index contributed by atoms with van der Waals surface area (Å²) in [6.45, 7) is 2.25. The van der Waals surface area contributed by atoms with E-state index in [-0.39, 0.29) is 23.8 Å². The van der Waals surface area contributed by atoms with Crippen molar-refractivity contribution in [2.45, 2.75) is 44.8 Å². The van der Waals surface area contributed by atoms with E-state index in [9.17, 15) is 9.59 Å². The van der Waals surface area contributed by atoms with Gasteiger partial charge < -0.3 is 14.6 Å². The van der Waals surface area contributed by atoms with Crippen LogP contribution in [0.2, 0.25) is 0 Å². The summed E-state index contributed by atoms with van der Waals surface area (Å²) in [7, 11) is 0. The molecule has 0 spiro atoms. The predicted octanol–water partition coefficient (Wildman–Crippen LogP) is 2.29. The molecular formula is C19H21N3O3. The van der Waals surface area contributed by atoms with Gasteiger partial charge in [-0.05, 0) is 55.9 Å². The highest BCUT2D eigenvalue weighted by molar-refractivity contribution is 5.98. The molecule has 1 saturated heterocycles. The van der Waals surface area contributed by atoms with Gasteiger partial charge >= 0.3 is 0 Å². The van der Waals surface area contributed by atoms with Crippen LogP contribution in [0.15, 0.2) is 41.3 Å². The standard InChI is InChI=1S/C19H21N3O3/c1-12-7-14(10-20-9-12)19(24)22-15-5-4-13(8-15)17(22)18(23)21-11-16-3-2-6-25-16/h2-3,6-7,9-10,13,15,17H,4-5,8,11H2,1H3,(H,21,23)/t13-,15-,17-/m0/s1. The second-order valence-corrected chi connectivity index (χ2v) is 6.93. The lowest BCUT2D eigenvalue weighted by Gasteiger charge is -2.34. The molecule has 0 radical (unpaired) electrons. The molecule has 2 aromatic heterocycles. The summed E-state index contributed by atoms with van der Waals surface area (Å²) in [6, 6.07) is 5.19. The molecule has 1 aliphatic carbocycles. The topological polar surface area (TPSA) is 75.4 Å². The Kier molecular flexibility index (Phi) is 4.03. The molecule has 25 heavy (non-hydrogen) atoms. The number of nitrogens with zero attached hydrogens (tertiary/aromatic N) is 2. The Balaban J connectivity index is 1.53. The van der Waals surface area contributed by atoms with Crippen molar-refractivity contribution in [1.82, 2.24) is 15.2 Å². The zero-order valence-corrected chi connectivity index (χ0v) is 14.1. The quantitative estimate of drug-likeness (QED) is 0.927. The van der Waals surface area contributed by atoms with Gasteiger partial charge in [0.2, 0.25) is 5.91 Å². The van der Waals surface area contributed by atoms with E-state index in [1.807, 2.05) is 19.1 Å². The van der Waals surface area contributed by atoms with E-state index < -0.39 is 6.04 Å². The molecule has 6 nitrogen and oxygen atoms in total. The molecule has 4 rings (SSSR count). The number of furan rings is 1. The zero-order valence-electron chi connectivity index (χ0n) is 14.1. The molecule has 1 N–H and O–H groups in total. The number of likely N-dealkylation sites (tertiary alicyclic amines) is 1. The monoisotopic (exact) mass is 339 g/mol. The summed E-state index contributed by atoms with van der Waals surface area (Å²) in [4.78, 5) is 31.7. The number of fused-ring (bicyclic) bond motifs is 2. The van der Waals surface area contributed by atoms with Gasteiger partial charge in [0, 0.05) is 18.4 Å². The number of aromatic nitrogens is 1. The smallest absolute Gasteiger partial charge is 0.256 e. The van der Waals surface area contributed by atoms with Gasteiger partial charge in [-0.15, -0.1) is 0 Å². The van der Waals surface area contributed by atoms with E-state index in [1.165, 1.54) is 0 Å². The van der Waals surface area contributed by atoms with Crippen LogP contribution < -0.4 is 5.32 Å². The van der Waals surface area contributed by atoms with Crippen molar-refractivity contribution in [1.29, 1.82) is 0 Å². The summed E-state index contributed by atoms with van der Waals surface area (Å²) in [5.41, 5.74) is 1.49. The number of aryl methyl sites for hydroxylation is 1. The maximum Gasteiger partial charge on any atom is 0.256 e. The lowest BCUT2D eigenvalue weighted by atomic mass is 9.97. The third-order valence-corrected chi connectivity index (χ3v) is 5.23. The van der Waals surface area contributed by atoms with Crippen LogP contribution in [0.25, 0.3) is 0 Å². The molecule has 2 aliphatic rings. The average Bonchev–Trinajstić information content (AvgIpc) is 3.35. The fraction of sp³-hybridized carbons (Fsp3) is 0.421. The minimum Gasteiger partial charge on any atom is -0.467 e. The second-order valence-electron chi connectivity index (χ2n) is 6.93. The molecule has 130 valence electrons. The maximum atomic E-state index is 13.0. The minimum absolute atomic E-state index is 0.0958. The Hall–Kier alpha value is -2.63. The van der Waals surface area contributed by atoms with Gasteiger partial charge in [-0.3, -0.25) is 14.6 Å². The van der Waals surface area contributed by atoms with Crippen molar-refractivity contribution < 1.29 is 14.0 Å². The maximum absolute atomic E-state index is 13.0. The SMILES string of the molecule is Cc1cncc(C(=O)N2[C@H]3CC[C@@H](C3)[C@H]2C(=O)NCc2ccco2)c1. The average molecular weight is 339 g/mol. The van der Waals surface area contributed by atoms with Crippen LogP contribution in [0.3, 0.4) is 0 Å². The highest BCUT2D eigenvalue weighted by atomic mass is 16.3. The minimum atomic E-state index is -0.401. The van der Waals surface area contributed by atoms with E-state index in [4.69, 9.17) is 4.42 Å². The molecule has 1 aliphatic heterocycles. The largest absolute Gasteiger partial charge is 0.467 e. The molecule has 2 fully saturated rings.